The molecule has 0 atom stereocenters. The molecule has 1 aliphatic carbocycles. The Morgan fingerprint density at radius 1 is 1.29 bits per heavy atom. The van der Waals surface area contributed by atoms with Crippen LogP contribution in [0.3, 0.4) is 0 Å². The Kier molecular flexibility index (Phi) is 6.32. The van der Waals surface area contributed by atoms with Crippen molar-refractivity contribution < 1.29 is 14.3 Å². The molecule has 2 rings (SSSR count). The van der Waals surface area contributed by atoms with Crippen LogP contribution in [0.5, 0.6) is 5.75 Å². The van der Waals surface area contributed by atoms with Crippen molar-refractivity contribution >= 4 is 12.0 Å². The molecule has 0 spiro atoms. The molecule has 1 aromatic rings. The molecule has 0 saturated heterocycles. The molecular weight excluding hydrogens is 264 g/mol. The van der Waals surface area contributed by atoms with Gasteiger partial charge in [-0.2, -0.15) is 0 Å². The number of hydrogen-bond donors (Lipinski definition) is 0. The molecule has 21 heavy (non-hydrogen) atoms. The second-order valence-electron chi connectivity index (χ2n) is 5.45. The molecule has 0 aromatic heterocycles. The first-order valence-corrected chi connectivity index (χ1v) is 7.89. The number of benzene rings is 1. The van der Waals surface area contributed by atoms with Crippen LogP contribution in [0.1, 0.15) is 51.0 Å². The largest absolute Gasteiger partial charge is 0.494 e. The highest BCUT2D eigenvalue weighted by molar-refractivity contribution is 5.87. The first-order chi connectivity index (χ1) is 10.3. The van der Waals surface area contributed by atoms with Crippen molar-refractivity contribution in [3.63, 3.8) is 0 Å². The van der Waals surface area contributed by atoms with Gasteiger partial charge in [-0.25, -0.2) is 4.79 Å². The highest BCUT2D eigenvalue weighted by atomic mass is 16.5. The van der Waals surface area contributed by atoms with Gasteiger partial charge in [-0.05, 0) is 55.9 Å². The minimum absolute atomic E-state index is 0.107. The number of hydrogen-bond acceptors (Lipinski definition) is 3. The minimum atomic E-state index is -0.248. The van der Waals surface area contributed by atoms with Gasteiger partial charge in [0.2, 0.25) is 0 Å². The lowest BCUT2D eigenvalue weighted by Crippen LogP contribution is -2.19. The van der Waals surface area contributed by atoms with Crippen molar-refractivity contribution in [2.45, 2.75) is 51.6 Å². The van der Waals surface area contributed by atoms with E-state index in [4.69, 9.17) is 9.47 Å². The van der Waals surface area contributed by atoms with E-state index in [1.807, 2.05) is 24.3 Å². The number of carbonyl (C=O) groups is 1. The maximum absolute atomic E-state index is 11.8. The predicted octanol–water partition coefficient (Wildman–Crippen LogP) is 4.36. The summed E-state index contributed by atoms with van der Waals surface area (Å²) in [4.78, 5) is 11.8. The predicted molar refractivity (Wildman–Crippen MR) is 84.2 cm³/mol. The molecule has 1 fully saturated rings. The Bertz CT molecular complexity index is 473. The van der Waals surface area contributed by atoms with E-state index in [0.29, 0.717) is 6.61 Å². The van der Waals surface area contributed by atoms with Crippen molar-refractivity contribution in [1.82, 2.24) is 0 Å². The van der Waals surface area contributed by atoms with Crippen molar-refractivity contribution in [3.8, 4) is 5.75 Å². The molecule has 0 N–H and O–H groups in total. The van der Waals surface area contributed by atoms with Gasteiger partial charge in [0.15, 0.2) is 0 Å². The smallest absolute Gasteiger partial charge is 0.331 e. The number of carbonyl (C=O) groups excluding carboxylic acids is 1. The maximum Gasteiger partial charge on any atom is 0.331 e. The molecule has 1 aromatic carbocycles. The van der Waals surface area contributed by atoms with Crippen LogP contribution in [-0.2, 0) is 9.53 Å². The highest BCUT2D eigenvalue weighted by Gasteiger charge is 2.16. The van der Waals surface area contributed by atoms with Crippen LogP contribution in [0, 0.1) is 0 Å². The van der Waals surface area contributed by atoms with Gasteiger partial charge in [0.05, 0.1) is 6.61 Å². The fourth-order valence-electron chi connectivity index (χ4n) is 2.48. The number of ether oxygens (including phenoxy) is 2. The summed E-state index contributed by atoms with van der Waals surface area (Å²) in [5.41, 5.74) is 0.948. The molecule has 0 heterocycles. The fourth-order valence-corrected chi connectivity index (χ4v) is 2.48. The van der Waals surface area contributed by atoms with E-state index < -0.39 is 0 Å². The van der Waals surface area contributed by atoms with Crippen molar-refractivity contribution in [2.24, 2.45) is 0 Å². The summed E-state index contributed by atoms with van der Waals surface area (Å²) >= 11 is 0. The zero-order chi connectivity index (χ0) is 14.9. The van der Waals surface area contributed by atoms with Gasteiger partial charge >= 0.3 is 5.97 Å². The lowest BCUT2D eigenvalue weighted by Gasteiger charge is -2.20. The number of rotatable bonds is 6. The molecule has 0 bridgehead atoms. The molecule has 1 aliphatic rings. The van der Waals surface area contributed by atoms with E-state index in [1.54, 1.807) is 6.08 Å². The molecule has 3 heteroatoms. The van der Waals surface area contributed by atoms with Crippen LogP contribution < -0.4 is 4.74 Å². The molecule has 3 nitrogen and oxygen atoms in total. The molecule has 0 aliphatic heterocycles. The van der Waals surface area contributed by atoms with E-state index in [1.165, 1.54) is 25.3 Å². The second-order valence-corrected chi connectivity index (χ2v) is 5.45. The maximum atomic E-state index is 11.8. The van der Waals surface area contributed by atoms with Gasteiger partial charge in [-0.1, -0.05) is 25.5 Å². The minimum Gasteiger partial charge on any atom is -0.494 e. The van der Waals surface area contributed by atoms with Gasteiger partial charge in [-0.15, -0.1) is 0 Å². The fraction of sp³-hybridized carbons (Fsp3) is 0.500. The summed E-state index contributed by atoms with van der Waals surface area (Å²) in [6, 6.07) is 7.73. The lowest BCUT2D eigenvalue weighted by molar-refractivity contribution is -0.144. The zero-order valence-corrected chi connectivity index (χ0v) is 12.7. The van der Waals surface area contributed by atoms with E-state index in [-0.39, 0.29) is 12.1 Å². The van der Waals surface area contributed by atoms with Crippen LogP contribution in [0.15, 0.2) is 30.3 Å². The Balaban J connectivity index is 1.85. The summed E-state index contributed by atoms with van der Waals surface area (Å²) in [6.07, 6.45) is 9.96. The lowest BCUT2D eigenvalue weighted by atomic mass is 9.98. The molecule has 114 valence electrons. The van der Waals surface area contributed by atoms with E-state index in [2.05, 4.69) is 6.92 Å². The first-order valence-electron chi connectivity index (χ1n) is 7.89. The zero-order valence-electron chi connectivity index (χ0n) is 12.7. The third-order valence-electron chi connectivity index (χ3n) is 3.58. The van der Waals surface area contributed by atoms with E-state index >= 15 is 0 Å². The average molecular weight is 288 g/mol. The third-order valence-corrected chi connectivity index (χ3v) is 3.58. The third kappa shape index (κ3) is 5.62. The highest BCUT2D eigenvalue weighted by Crippen LogP contribution is 2.20. The Labute approximate surface area is 127 Å². The SMILES string of the molecule is CCCOc1cccc(C=CC(=O)OC2CCCCC2)c1. The molecule has 1 saturated carbocycles. The second kappa shape index (κ2) is 8.50. The summed E-state index contributed by atoms with van der Waals surface area (Å²) in [5, 5.41) is 0. The number of esters is 1. The normalized spacial score (nSPS) is 16.0. The summed E-state index contributed by atoms with van der Waals surface area (Å²) in [5.74, 6) is 0.585. The van der Waals surface area contributed by atoms with Gasteiger partial charge in [0.1, 0.15) is 11.9 Å². The molecule has 0 amide bonds. The van der Waals surface area contributed by atoms with E-state index in [0.717, 1.165) is 30.6 Å². The Hall–Kier alpha value is -1.77. The van der Waals surface area contributed by atoms with Crippen LogP contribution >= 0.6 is 0 Å². The summed E-state index contributed by atoms with van der Waals surface area (Å²) < 4.78 is 11.0. The first kappa shape index (κ1) is 15.6. The Morgan fingerprint density at radius 2 is 2.10 bits per heavy atom. The van der Waals surface area contributed by atoms with Crippen molar-refractivity contribution in [3.05, 3.63) is 35.9 Å². The summed E-state index contributed by atoms with van der Waals surface area (Å²) in [7, 11) is 0. The van der Waals surface area contributed by atoms with Crippen molar-refractivity contribution in [1.29, 1.82) is 0 Å². The standard InChI is InChI=1S/C18H24O3/c1-2-13-20-17-10-6-7-15(14-17)11-12-18(19)21-16-8-4-3-5-9-16/h6-7,10-12,14,16H,2-5,8-9,13H2,1H3. The summed E-state index contributed by atoms with van der Waals surface area (Å²) in [6.45, 7) is 2.78. The van der Waals surface area contributed by atoms with Crippen molar-refractivity contribution in [2.75, 3.05) is 6.61 Å². The van der Waals surface area contributed by atoms with Gasteiger partial charge < -0.3 is 9.47 Å². The van der Waals surface area contributed by atoms with Crippen LogP contribution in [0.4, 0.5) is 0 Å². The van der Waals surface area contributed by atoms with Gasteiger partial charge in [0, 0.05) is 6.08 Å². The molecule has 0 unspecified atom stereocenters. The topological polar surface area (TPSA) is 35.5 Å². The Morgan fingerprint density at radius 3 is 2.86 bits per heavy atom. The van der Waals surface area contributed by atoms with E-state index in [9.17, 15) is 4.79 Å². The average Bonchev–Trinajstić information content (AvgIpc) is 2.52. The van der Waals surface area contributed by atoms with Crippen LogP contribution in [-0.4, -0.2) is 18.7 Å². The van der Waals surface area contributed by atoms with Crippen LogP contribution in [0.2, 0.25) is 0 Å². The van der Waals surface area contributed by atoms with Crippen LogP contribution in [0.25, 0.3) is 6.08 Å². The van der Waals surface area contributed by atoms with Gasteiger partial charge in [0.25, 0.3) is 0 Å². The quantitative estimate of drug-likeness (QED) is 0.576. The molecule has 0 radical (unpaired) electrons. The monoisotopic (exact) mass is 288 g/mol. The molecular formula is C18H24O3. The van der Waals surface area contributed by atoms with Gasteiger partial charge in [-0.3, -0.25) is 0 Å².